The number of nitrogen functional groups attached to an aromatic ring is 1. The number of methoxy groups -OCH3 is 1. The SMILES string of the molecule is COc1ccc(COC(=O)c2ccc(N)c(Br)c2)cc1. The summed E-state index contributed by atoms with van der Waals surface area (Å²) in [4.78, 5) is 11.9. The Morgan fingerprint density at radius 2 is 1.90 bits per heavy atom. The second-order valence-electron chi connectivity index (χ2n) is 4.16. The van der Waals surface area contributed by atoms with E-state index in [4.69, 9.17) is 15.2 Å². The van der Waals surface area contributed by atoms with Gasteiger partial charge in [-0.15, -0.1) is 0 Å². The van der Waals surface area contributed by atoms with Crippen molar-refractivity contribution < 1.29 is 14.3 Å². The van der Waals surface area contributed by atoms with Crippen LogP contribution in [0.25, 0.3) is 0 Å². The van der Waals surface area contributed by atoms with Crippen LogP contribution >= 0.6 is 15.9 Å². The number of halogens is 1. The number of hydrogen-bond acceptors (Lipinski definition) is 4. The molecule has 2 aromatic carbocycles. The number of nitrogens with two attached hydrogens (primary N) is 1. The van der Waals surface area contributed by atoms with Gasteiger partial charge in [-0.05, 0) is 51.8 Å². The Morgan fingerprint density at radius 1 is 1.20 bits per heavy atom. The van der Waals surface area contributed by atoms with Crippen LogP contribution in [-0.4, -0.2) is 13.1 Å². The molecule has 2 N–H and O–H groups in total. The van der Waals surface area contributed by atoms with E-state index in [-0.39, 0.29) is 12.6 Å². The first-order chi connectivity index (χ1) is 9.60. The van der Waals surface area contributed by atoms with Gasteiger partial charge in [-0.1, -0.05) is 12.1 Å². The number of anilines is 1. The lowest BCUT2D eigenvalue weighted by molar-refractivity contribution is 0.0472. The van der Waals surface area contributed by atoms with E-state index in [1.54, 1.807) is 25.3 Å². The van der Waals surface area contributed by atoms with Crippen LogP contribution in [-0.2, 0) is 11.3 Å². The third-order valence-corrected chi connectivity index (χ3v) is 3.45. The molecule has 0 heterocycles. The Kier molecular flexibility index (Phi) is 4.63. The second-order valence-corrected chi connectivity index (χ2v) is 5.01. The van der Waals surface area contributed by atoms with Crippen molar-refractivity contribution in [2.24, 2.45) is 0 Å². The van der Waals surface area contributed by atoms with Crippen LogP contribution in [0.5, 0.6) is 5.75 Å². The first kappa shape index (κ1) is 14.4. The van der Waals surface area contributed by atoms with Gasteiger partial charge >= 0.3 is 5.97 Å². The zero-order chi connectivity index (χ0) is 14.5. The largest absolute Gasteiger partial charge is 0.497 e. The van der Waals surface area contributed by atoms with E-state index in [1.807, 2.05) is 24.3 Å². The molecule has 0 aliphatic rings. The second kappa shape index (κ2) is 6.43. The minimum atomic E-state index is -0.387. The van der Waals surface area contributed by atoms with Gasteiger partial charge in [-0.2, -0.15) is 0 Å². The molecular weight excluding hydrogens is 322 g/mol. The summed E-state index contributed by atoms with van der Waals surface area (Å²) in [6.07, 6.45) is 0. The standard InChI is InChI=1S/C15H14BrNO3/c1-19-12-5-2-10(3-6-12)9-20-15(18)11-4-7-14(17)13(16)8-11/h2-8H,9,17H2,1H3. The fourth-order valence-electron chi connectivity index (χ4n) is 1.61. The summed E-state index contributed by atoms with van der Waals surface area (Å²) >= 11 is 3.28. The van der Waals surface area contributed by atoms with E-state index in [9.17, 15) is 4.79 Å². The zero-order valence-electron chi connectivity index (χ0n) is 10.9. The minimum Gasteiger partial charge on any atom is -0.497 e. The Morgan fingerprint density at radius 3 is 2.50 bits per heavy atom. The normalized spacial score (nSPS) is 10.1. The van der Waals surface area contributed by atoms with Crippen LogP contribution in [0, 0.1) is 0 Å². The molecule has 0 unspecified atom stereocenters. The Hall–Kier alpha value is -2.01. The van der Waals surface area contributed by atoms with Crippen molar-refractivity contribution in [1.82, 2.24) is 0 Å². The lowest BCUT2D eigenvalue weighted by Crippen LogP contribution is -2.05. The first-order valence-electron chi connectivity index (χ1n) is 5.95. The summed E-state index contributed by atoms with van der Waals surface area (Å²) in [6.45, 7) is 0.213. The van der Waals surface area contributed by atoms with Gasteiger partial charge in [0, 0.05) is 10.2 Å². The molecule has 0 saturated carbocycles. The molecule has 104 valence electrons. The van der Waals surface area contributed by atoms with Gasteiger partial charge < -0.3 is 15.2 Å². The van der Waals surface area contributed by atoms with Crippen molar-refractivity contribution in [3.63, 3.8) is 0 Å². The minimum absolute atomic E-state index is 0.213. The highest BCUT2D eigenvalue weighted by Gasteiger charge is 2.09. The van der Waals surface area contributed by atoms with E-state index in [0.717, 1.165) is 11.3 Å². The average Bonchev–Trinajstić information content (AvgIpc) is 2.48. The molecule has 0 radical (unpaired) electrons. The Balaban J connectivity index is 1.98. The van der Waals surface area contributed by atoms with Crippen LogP contribution in [0.1, 0.15) is 15.9 Å². The molecular formula is C15H14BrNO3. The van der Waals surface area contributed by atoms with Crippen LogP contribution < -0.4 is 10.5 Å². The lowest BCUT2D eigenvalue weighted by atomic mass is 10.2. The molecule has 2 aromatic rings. The lowest BCUT2D eigenvalue weighted by Gasteiger charge is -2.07. The highest BCUT2D eigenvalue weighted by atomic mass is 79.9. The number of benzene rings is 2. The zero-order valence-corrected chi connectivity index (χ0v) is 12.5. The molecule has 2 rings (SSSR count). The van der Waals surface area contributed by atoms with E-state index in [2.05, 4.69) is 15.9 Å². The van der Waals surface area contributed by atoms with Crippen molar-refractivity contribution in [2.45, 2.75) is 6.61 Å². The Bertz CT molecular complexity index is 611. The summed E-state index contributed by atoms with van der Waals surface area (Å²) in [5.41, 5.74) is 7.61. The number of ether oxygens (including phenoxy) is 2. The molecule has 0 saturated heterocycles. The molecule has 0 amide bonds. The molecule has 4 nitrogen and oxygen atoms in total. The van der Waals surface area contributed by atoms with Crippen LogP contribution in [0.15, 0.2) is 46.9 Å². The van der Waals surface area contributed by atoms with Crippen molar-refractivity contribution in [3.05, 3.63) is 58.1 Å². The van der Waals surface area contributed by atoms with Gasteiger partial charge in [0.25, 0.3) is 0 Å². The molecule has 0 spiro atoms. The van der Waals surface area contributed by atoms with Crippen LogP contribution in [0.4, 0.5) is 5.69 Å². The maximum absolute atomic E-state index is 11.9. The van der Waals surface area contributed by atoms with Gasteiger partial charge in [-0.25, -0.2) is 4.79 Å². The van der Waals surface area contributed by atoms with Gasteiger partial charge in [0.2, 0.25) is 0 Å². The molecule has 5 heteroatoms. The van der Waals surface area contributed by atoms with E-state index in [1.165, 1.54) is 0 Å². The molecule has 0 fully saturated rings. The molecule has 0 aromatic heterocycles. The Labute approximate surface area is 125 Å². The van der Waals surface area contributed by atoms with Crippen molar-refractivity contribution >= 4 is 27.6 Å². The molecule has 0 bridgehead atoms. The van der Waals surface area contributed by atoms with Crippen LogP contribution in [0.2, 0.25) is 0 Å². The third-order valence-electron chi connectivity index (χ3n) is 2.77. The maximum Gasteiger partial charge on any atom is 0.338 e. The molecule has 0 aliphatic heterocycles. The molecule has 0 atom stereocenters. The van der Waals surface area contributed by atoms with Crippen LogP contribution in [0.3, 0.4) is 0 Å². The number of hydrogen-bond donors (Lipinski definition) is 1. The topological polar surface area (TPSA) is 61.5 Å². The summed E-state index contributed by atoms with van der Waals surface area (Å²) in [6, 6.07) is 12.3. The molecule has 0 aliphatic carbocycles. The number of esters is 1. The predicted molar refractivity (Wildman–Crippen MR) is 80.7 cm³/mol. The van der Waals surface area contributed by atoms with Gasteiger partial charge in [0.15, 0.2) is 0 Å². The highest BCUT2D eigenvalue weighted by molar-refractivity contribution is 9.10. The first-order valence-corrected chi connectivity index (χ1v) is 6.74. The summed E-state index contributed by atoms with van der Waals surface area (Å²) in [5.74, 6) is 0.379. The molecule has 20 heavy (non-hydrogen) atoms. The monoisotopic (exact) mass is 335 g/mol. The van der Waals surface area contributed by atoms with Crippen molar-refractivity contribution in [2.75, 3.05) is 12.8 Å². The van der Waals surface area contributed by atoms with Gasteiger partial charge in [-0.3, -0.25) is 0 Å². The quantitative estimate of drug-likeness (QED) is 0.687. The van der Waals surface area contributed by atoms with Crippen molar-refractivity contribution in [3.8, 4) is 5.75 Å². The van der Waals surface area contributed by atoms with Crippen molar-refractivity contribution in [1.29, 1.82) is 0 Å². The van der Waals surface area contributed by atoms with Gasteiger partial charge in [0.05, 0.1) is 12.7 Å². The summed E-state index contributed by atoms with van der Waals surface area (Å²) in [5, 5.41) is 0. The fraction of sp³-hybridized carbons (Fsp3) is 0.133. The van der Waals surface area contributed by atoms with E-state index >= 15 is 0 Å². The van der Waals surface area contributed by atoms with Gasteiger partial charge in [0.1, 0.15) is 12.4 Å². The van der Waals surface area contributed by atoms with E-state index < -0.39 is 0 Å². The number of carbonyl (C=O) groups excluding carboxylic acids is 1. The average molecular weight is 336 g/mol. The summed E-state index contributed by atoms with van der Waals surface area (Å²) < 4.78 is 11.0. The number of rotatable bonds is 4. The fourth-order valence-corrected chi connectivity index (χ4v) is 1.99. The van der Waals surface area contributed by atoms with E-state index in [0.29, 0.717) is 15.7 Å². The maximum atomic E-state index is 11.9. The summed E-state index contributed by atoms with van der Waals surface area (Å²) in [7, 11) is 1.61. The smallest absolute Gasteiger partial charge is 0.338 e. The third kappa shape index (κ3) is 3.51. The highest BCUT2D eigenvalue weighted by Crippen LogP contribution is 2.21. The predicted octanol–water partition coefficient (Wildman–Crippen LogP) is 3.40. The number of carbonyl (C=O) groups is 1.